The molecule has 1 aliphatic heterocycles. The fourth-order valence-electron chi connectivity index (χ4n) is 3.86. The molecule has 1 saturated heterocycles. The average molecular weight is 443 g/mol. The largest absolute Gasteiger partial charge is 0.369 e. The van der Waals surface area contributed by atoms with Crippen molar-refractivity contribution in [1.29, 1.82) is 0 Å². The van der Waals surface area contributed by atoms with Gasteiger partial charge in [0.05, 0.1) is 23.1 Å². The van der Waals surface area contributed by atoms with E-state index in [4.69, 9.17) is 23.2 Å². The van der Waals surface area contributed by atoms with Gasteiger partial charge in [0.2, 0.25) is 0 Å². The molecule has 1 fully saturated rings. The first kappa shape index (κ1) is 20.9. The van der Waals surface area contributed by atoms with E-state index in [-0.39, 0.29) is 5.78 Å². The summed E-state index contributed by atoms with van der Waals surface area (Å²) in [6.07, 6.45) is 2.18. The second-order valence-electron chi connectivity index (χ2n) is 7.52. The first-order valence-electron chi connectivity index (χ1n) is 10.1. The van der Waals surface area contributed by atoms with Crippen molar-refractivity contribution in [3.8, 4) is 5.69 Å². The number of benzene rings is 2. The number of hydrogen-bond acceptors (Lipinski definition) is 4. The van der Waals surface area contributed by atoms with Gasteiger partial charge in [-0.05, 0) is 37.3 Å². The van der Waals surface area contributed by atoms with Gasteiger partial charge in [-0.15, -0.1) is 0 Å². The summed E-state index contributed by atoms with van der Waals surface area (Å²) >= 11 is 12.3. The molecule has 1 aliphatic rings. The fraction of sp³-hybridized carbons (Fsp3) is 0.304. The third kappa shape index (κ3) is 4.69. The SMILES string of the molecule is Cc1c(C(=O)CCN2CCN(c3cc(Cl)cc(Cl)c3)CC2)cnn1-c1ccccc1. The topological polar surface area (TPSA) is 41.4 Å². The summed E-state index contributed by atoms with van der Waals surface area (Å²) < 4.78 is 1.82. The van der Waals surface area contributed by atoms with Crippen LogP contribution >= 0.6 is 23.2 Å². The standard InChI is InChI=1S/C23H24Cl2N4O/c1-17-22(16-26-29(17)20-5-3-2-4-6-20)23(30)7-8-27-9-11-28(12-10-27)21-14-18(24)13-19(25)15-21/h2-6,13-16H,7-12H2,1H3. The molecular formula is C23H24Cl2N4O. The molecule has 0 radical (unpaired) electrons. The third-order valence-corrected chi connectivity index (χ3v) is 5.99. The quantitative estimate of drug-likeness (QED) is 0.509. The third-order valence-electron chi connectivity index (χ3n) is 5.55. The van der Waals surface area contributed by atoms with Crippen LogP contribution in [0.2, 0.25) is 10.0 Å². The lowest BCUT2D eigenvalue weighted by molar-refractivity contribution is 0.0962. The van der Waals surface area contributed by atoms with Crippen LogP contribution in [-0.4, -0.2) is 53.2 Å². The zero-order valence-electron chi connectivity index (χ0n) is 16.9. The zero-order valence-corrected chi connectivity index (χ0v) is 18.4. The number of carbonyl (C=O) groups is 1. The Morgan fingerprint density at radius 3 is 2.30 bits per heavy atom. The number of Topliss-reactive ketones (excluding diaryl/α,β-unsaturated/α-hetero) is 1. The first-order chi connectivity index (χ1) is 14.5. The highest BCUT2D eigenvalue weighted by Crippen LogP contribution is 2.26. The molecular weight excluding hydrogens is 419 g/mol. The Hall–Kier alpha value is -2.34. The van der Waals surface area contributed by atoms with Gasteiger partial charge in [0.25, 0.3) is 0 Å². The number of aromatic nitrogens is 2. The van der Waals surface area contributed by atoms with E-state index in [0.29, 0.717) is 22.0 Å². The molecule has 0 unspecified atom stereocenters. The highest BCUT2D eigenvalue weighted by Gasteiger charge is 2.20. The van der Waals surface area contributed by atoms with E-state index in [1.54, 1.807) is 12.3 Å². The lowest BCUT2D eigenvalue weighted by atomic mass is 10.1. The molecule has 2 aromatic carbocycles. The molecule has 3 aromatic rings. The van der Waals surface area contributed by atoms with Gasteiger partial charge in [0.15, 0.2) is 5.78 Å². The van der Waals surface area contributed by atoms with Gasteiger partial charge in [-0.2, -0.15) is 5.10 Å². The zero-order chi connectivity index (χ0) is 21.1. The van der Waals surface area contributed by atoms with E-state index in [0.717, 1.165) is 49.8 Å². The van der Waals surface area contributed by atoms with Crippen molar-refractivity contribution in [2.75, 3.05) is 37.6 Å². The number of para-hydroxylation sites is 1. The van der Waals surface area contributed by atoms with Crippen LogP contribution in [0.5, 0.6) is 0 Å². The second kappa shape index (κ2) is 9.21. The van der Waals surface area contributed by atoms with Gasteiger partial charge in [0.1, 0.15) is 0 Å². The highest BCUT2D eigenvalue weighted by atomic mass is 35.5. The van der Waals surface area contributed by atoms with Crippen molar-refractivity contribution >= 4 is 34.7 Å². The van der Waals surface area contributed by atoms with E-state index in [2.05, 4.69) is 14.9 Å². The molecule has 2 heterocycles. The van der Waals surface area contributed by atoms with Crippen molar-refractivity contribution in [3.05, 3.63) is 76.0 Å². The number of hydrogen-bond donors (Lipinski definition) is 0. The maximum Gasteiger partial charge on any atom is 0.167 e. The van der Waals surface area contributed by atoms with Gasteiger partial charge in [-0.3, -0.25) is 9.69 Å². The van der Waals surface area contributed by atoms with Crippen LogP contribution in [0.15, 0.2) is 54.7 Å². The maximum atomic E-state index is 12.8. The smallest absolute Gasteiger partial charge is 0.167 e. The number of halogens is 2. The summed E-state index contributed by atoms with van der Waals surface area (Å²) in [5.74, 6) is 0.138. The van der Waals surface area contributed by atoms with E-state index < -0.39 is 0 Å². The molecule has 7 heteroatoms. The molecule has 0 N–H and O–H groups in total. The number of ketones is 1. The normalized spacial score (nSPS) is 14.8. The molecule has 0 amide bonds. The number of anilines is 1. The van der Waals surface area contributed by atoms with Gasteiger partial charge < -0.3 is 4.90 Å². The Balaban J connectivity index is 1.32. The van der Waals surface area contributed by atoms with E-state index >= 15 is 0 Å². The van der Waals surface area contributed by atoms with Crippen molar-refractivity contribution in [1.82, 2.24) is 14.7 Å². The minimum atomic E-state index is 0.138. The van der Waals surface area contributed by atoms with Crippen LogP contribution in [0.4, 0.5) is 5.69 Å². The number of rotatable bonds is 6. The van der Waals surface area contributed by atoms with Gasteiger partial charge in [0, 0.05) is 54.9 Å². The lowest BCUT2D eigenvalue weighted by Crippen LogP contribution is -2.46. The first-order valence-corrected chi connectivity index (χ1v) is 10.8. The molecule has 0 bridgehead atoms. The Labute approximate surface area is 186 Å². The van der Waals surface area contributed by atoms with Gasteiger partial charge >= 0.3 is 0 Å². The van der Waals surface area contributed by atoms with Crippen LogP contribution in [-0.2, 0) is 0 Å². The summed E-state index contributed by atoms with van der Waals surface area (Å²) in [6.45, 7) is 6.27. The van der Waals surface area contributed by atoms with Crippen molar-refractivity contribution in [2.24, 2.45) is 0 Å². The van der Waals surface area contributed by atoms with Crippen molar-refractivity contribution in [2.45, 2.75) is 13.3 Å². The molecule has 30 heavy (non-hydrogen) atoms. The Kier molecular flexibility index (Phi) is 6.42. The van der Waals surface area contributed by atoms with E-state index in [1.165, 1.54) is 0 Å². The van der Waals surface area contributed by atoms with Crippen LogP contribution in [0.3, 0.4) is 0 Å². The molecule has 1 aromatic heterocycles. The second-order valence-corrected chi connectivity index (χ2v) is 8.39. The summed E-state index contributed by atoms with van der Waals surface area (Å²) in [6, 6.07) is 15.5. The summed E-state index contributed by atoms with van der Waals surface area (Å²) in [7, 11) is 0. The maximum absolute atomic E-state index is 12.8. The Morgan fingerprint density at radius 1 is 0.967 bits per heavy atom. The number of piperazine rings is 1. The number of carbonyl (C=O) groups excluding carboxylic acids is 1. The van der Waals surface area contributed by atoms with Crippen LogP contribution in [0, 0.1) is 6.92 Å². The molecule has 5 nitrogen and oxygen atoms in total. The highest BCUT2D eigenvalue weighted by molar-refractivity contribution is 6.35. The summed E-state index contributed by atoms with van der Waals surface area (Å²) in [4.78, 5) is 17.4. The summed E-state index contributed by atoms with van der Waals surface area (Å²) in [5, 5.41) is 5.71. The molecule has 0 spiro atoms. The average Bonchev–Trinajstić information content (AvgIpc) is 3.14. The Bertz CT molecular complexity index is 1010. The van der Waals surface area contributed by atoms with Crippen molar-refractivity contribution in [3.63, 3.8) is 0 Å². The molecule has 0 saturated carbocycles. The van der Waals surface area contributed by atoms with Crippen molar-refractivity contribution < 1.29 is 4.79 Å². The van der Waals surface area contributed by atoms with Gasteiger partial charge in [-0.1, -0.05) is 41.4 Å². The van der Waals surface area contributed by atoms with E-state index in [1.807, 2.05) is 54.1 Å². The number of nitrogens with zero attached hydrogens (tertiary/aromatic N) is 4. The summed E-state index contributed by atoms with van der Waals surface area (Å²) in [5.41, 5.74) is 3.60. The van der Waals surface area contributed by atoms with Crippen LogP contribution < -0.4 is 4.90 Å². The molecule has 156 valence electrons. The predicted octanol–water partition coefficient (Wildman–Crippen LogP) is 4.88. The minimum Gasteiger partial charge on any atom is -0.369 e. The molecule has 0 atom stereocenters. The predicted molar refractivity (Wildman–Crippen MR) is 122 cm³/mol. The molecule has 4 rings (SSSR count). The Morgan fingerprint density at radius 2 is 1.63 bits per heavy atom. The van der Waals surface area contributed by atoms with E-state index in [9.17, 15) is 4.79 Å². The van der Waals surface area contributed by atoms with Crippen LogP contribution in [0.1, 0.15) is 22.5 Å². The fourth-order valence-corrected chi connectivity index (χ4v) is 4.37. The monoisotopic (exact) mass is 442 g/mol. The molecule has 0 aliphatic carbocycles. The van der Waals surface area contributed by atoms with Crippen LogP contribution in [0.25, 0.3) is 5.69 Å². The minimum absolute atomic E-state index is 0.138. The lowest BCUT2D eigenvalue weighted by Gasteiger charge is -2.36. The van der Waals surface area contributed by atoms with Gasteiger partial charge in [-0.25, -0.2) is 4.68 Å².